The number of sulfone groups is 1. The molecule has 0 N–H and O–H groups in total. The first-order valence-corrected chi connectivity index (χ1v) is 7.53. The summed E-state index contributed by atoms with van der Waals surface area (Å²) in [7, 11) is -4.09. The molecule has 0 aliphatic heterocycles. The molecule has 7 heteroatoms. The summed E-state index contributed by atoms with van der Waals surface area (Å²) in [6.07, 6.45) is 0. The summed E-state index contributed by atoms with van der Waals surface area (Å²) in [5, 5.41) is 0.677. The Morgan fingerprint density at radius 2 is 1.78 bits per heavy atom. The van der Waals surface area contributed by atoms with Crippen LogP contribution in [0.4, 0.5) is 0 Å². The minimum Gasteiger partial charge on any atom is -0.252 e. The van der Waals surface area contributed by atoms with Crippen molar-refractivity contribution < 1.29 is 8.42 Å². The van der Waals surface area contributed by atoms with Crippen molar-refractivity contribution in [3.8, 4) is 0 Å². The molecule has 1 aromatic carbocycles. The predicted molar refractivity (Wildman–Crippen MR) is 74.0 cm³/mol. The Bertz CT molecular complexity index is 708. The third-order valence-electron chi connectivity index (χ3n) is 2.42. The summed E-state index contributed by atoms with van der Waals surface area (Å²) in [6.45, 7) is 1.76. The van der Waals surface area contributed by atoms with E-state index >= 15 is 0 Å². The van der Waals surface area contributed by atoms with Crippen LogP contribution in [0.5, 0.6) is 0 Å². The monoisotopic (exact) mass is 323 g/mol. The summed E-state index contributed by atoms with van der Waals surface area (Å²) in [6, 6.07) is 8.27. The number of aromatic nitrogens is 1. The lowest BCUT2D eigenvalue weighted by Gasteiger charge is -2.13. The molecule has 96 valence electrons. The van der Waals surface area contributed by atoms with E-state index in [4.69, 9.17) is 34.8 Å². The van der Waals surface area contributed by atoms with Crippen molar-refractivity contribution in [3.05, 3.63) is 36.0 Å². The van der Waals surface area contributed by atoms with E-state index in [0.29, 0.717) is 16.6 Å². The predicted octanol–water partition coefficient (Wildman–Crippen LogP) is 3.64. The number of rotatable bonds is 1. The molecule has 0 aliphatic carbocycles. The van der Waals surface area contributed by atoms with Crippen molar-refractivity contribution in [1.82, 2.24) is 4.98 Å². The van der Waals surface area contributed by atoms with Crippen LogP contribution in [0.3, 0.4) is 0 Å². The van der Waals surface area contributed by atoms with Crippen molar-refractivity contribution in [2.24, 2.45) is 0 Å². The normalized spacial score (nSPS) is 12.9. The first-order chi connectivity index (χ1) is 8.23. The first-order valence-electron chi connectivity index (χ1n) is 4.91. The van der Waals surface area contributed by atoms with Gasteiger partial charge in [-0.1, -0.05) is 53.0 Å². The second-order valence-corrected chi connectivity index (χ2v) is 8.74. The van der Waals surface area contributed by atoms with E-state index in [1.807, 2.05) is 0 Å². The molecule has 0 unspecified atom stereocenters. The zero-order valence-corrected chi connectivity index (χ0v) is 12.3. The molecule has 2 aromatic rings. The van der Waals surface area contributed by atoms with Gasteiger partial charge < -0.3 is 0 Å². The summed E-state index contributed by atoms with van der Waals surface area (Å²) in [5.41, 5.74) is 0.998. The summed E-state index contributed by atoms with van der Waals surface area (Å²) < 4.78 is 21.9. The molecule has 0 fully saturated rings. The van der Waals surface area contributed by atoms with Crippen molar-refractivity contribution >= 4 is 55.5 Å². The van der Waals surface area contributed by atoms with Gasteiger partial charge in [-0.3, -0.25) is 4.98 Å². The van der Waals surface area contributed by atoms with Gasteiger partial charge in [-0.25, -0.2) is 8.42 Å². The van der Waals surface area contributed by atoms with Crippen LogP contribution >= 0.6 is 34.8 Å². The molecule has 0 aliphatic rings. The number of nitrogens with zero attached hydrogens (tertiary/aromatic N) is 1. The van der Waals surface area contributed by atoms with E-state index in [1.54, 1.807) is 31.2 Å². The van der Waals surface area contributed by atoms with E-state index in [9.17, 15) is 8.42 Å². The molecule has 0 saturated heterocycles. The minimum atomic E-state index is -4.09. The van der Waals surface area contributed by atoms with E-state index in [-0.39, 0.29) is 4.90 Å². The van der Waals surface area contributed by atoms with Gasteiger partial charge in [-0.05, 0) is 19.1 Å². The number of halogens is 3. The highest BCUT2D eigenvalue weighted by Gasteiger charge is 2.40. The average Bonchev–Trinajstić information content (AvgIpc) is 2.26. The first kappa shape index (κ1) is 13.9. The van der Waals surface area contributed by atoms with Crippen LogP contribution in [0.1, 0.15) is 5.69 Å². The molecule has 0 bridgehead atoms. The number of fused-ring (bicyclic) bond motifs is 1. The zero-order valence-electron chi connectivity index (χ0n) is 9.19. The quantitative estimate of drug-likeness (QED) is 0.752. The van der Waals surface area contributed by atoms with Crippen molar-refractivity contribution in [3.63, 3.8) is 0 Å². The van der Waals surface area contributed by atoms with E-state index in [2.05, 4.69) is 4.98 Å². The zero-order chi connectivity index (χ0) is 13.6. The molecule has 1 heterocycles. The second-order valence-electron chi connectivity index (χ2n) is 3.73. The highest BCUT2D eigenvalue weighted by atomic mass is 35.6. The highest BCUT2D eigenvalue weighted by Crippen LogP contribution is 2.39. The molecule has 1 aromatic heterocycles. The molecule has 18 heavy (non-hydrogen) atoms. The Kier molecular flexibility index (Phi) is 3.49. The van der Waals surface area contributed by atoms with Gasteiger partial charge in [-0.15, -0.1) is 0 Å². The number of para-hydroxylation sites is 1. The Balaban J connectivity index is 2.85. The van der Waals surface area contributed by atoms with Crippen LogP contribution in [0.15, 0.2) is 35.2 Å². The second kappa shape index (κ2) is 4.53. The third kappa shape index (κ3) is 2.30. The topological polar surface area (TPSA) is 47.0 Å². The van der Waals surface area contributed by atoms with E-state index in [1.165, 1.54) is 6.07 Å². The van der Waals surface area contributed by atoms with E-state index in [0.717, 1.165) is 0 Å². The highest BCUT2D eigenvalue weighted by molar-refractivity contribution is 7.97. The van der Waals surface area contributed by atoms with Crippen molar-refractivity contribution in [1.29, 1.82) is 0 Å². The molecule has 3 nitrogen and oxygen atoms in total. The molecule has 0 spiro atoms. The third-order valence-corrected chi connectivity index (χ3v) is 5.76. The number of aryl methyl sites for hydroxylation is 1. The number of hydrogen-bond donors (Lipinski definition) is 0. The average molecular weight is 325 g/mol. The van der Waals surface area contributed by atoms with Gasteiger partial charge in [-0.2, -0.15) is 0 Å². The summed E-state index contributed by atoms with van der Waals surface area (Å²) in [5.74, 6) is 0. The molecule has 2 rings (SSSR count). The Hall–Kier alpha value is -0.550. The van der Waals surface area contributed by atoms with Crippen LogP contribution in [0.2, 0.25) is 0 Å². The fourth-order valence-electron chi connectivity index (χ4n) is 1.56. The minimum absolute atomic E-state index is 0.0799. The Labute approximate surface area is 120 Å². The van der Waals surface area contributed by atoms with Gasteiger partial charge in [0.2, 0.25) is 9.84 Å². The number of pyridine rings is 1. The maximum atomic E-state index is 12.1. The largest absolute Gasteiger partial charge is 0.297 e. The Morgan fingerprint density at radius 3 is 2.39 bits per heavy atom. The van der Waals surface area contributed by atoms with Gasteiger partial charge in [0.25, 0.3) is 3.12 Å². The molecule has 0 atom stereocenters. The van der Waals surface area contributed by atoms with Crippen molar-refractivity contribution in [2.75, 3.05) is 0 Å². The maximum absolute atomic E-state index is 12.1. The molecule has 0 amide bonds. The number of benzene rings is 1. The lowest BCUT2D eigenvalue weighted by Crippen LogP contribution is -2.20. The van der Waals surface area contributed by atoms with Gasteiger partial charge in [0.05, 0.1) is 10.4 Å². The summed E-state index contributed by atoms with van der Waals surface area (Å²) in [4.78, 5) is 4.12. The van der Waals surface area contributed by atoms with Gasteiger partial charge in [0.15, 0.2) is 0 Å². The van der Waals surface area contributed by atoms with Crippen LogP contribution in [0.25, 0.3) is 10.9 Å². The lowest BCUT2D eigenvalue weighted by molar-refractivity contribution is 0.597. The molecule has 0 radical (unpaired) electrons. The standard InChI is InChI=1S/C11H8Cl3NO2S/c1-7-5-6-8-3-2-4-9(10(8)15-7)18(16,17)11(12,13)14/h2-6H,1H3. The molecular weight excluding hydrogens is 317 g/mol. The maximum Gasteiger partial charge on any atom is 0.297 e. The molecule has 0 saturated carbocycles. The van der Waals surface area contributed by atoms with Crippen LogP contribution in [0, 0.1) is 6.92 Å². The Morgan fingerprint density at radius 1 is 1.11 bits per heavy atom. The number of alkyl halides is 3. The SMILES string of the molecule is Cc1ccc2cccc(S(=O)(=O)C(Cl)(Cl)Cl)c2n1. The van der Waals surface area contributed by atoms with Crippen LogP contribution in [-0.4, -0.2) is 16.5 Å². The van der Waals surface area contributed by atoms with Crippen molar-refractivity contribution in [2.45, 2.75) is 14.9 Å². The fourth-order valence-corrected chi connectivity index (χ4v) is 3.23. The summed E-state index contributed by atoms with van der Waals surface area (Å²) >= 11 is 16.5. The lowest BCUT2D eigenvalue weighted by atomic mass is 10.2. The van der Waals surface area contributed by atoms with Crippen LogP contribution in [-0.2, 0) is 9.84 Å². The van der Waals surface area contributed by atoms with E-state index < -0.39 is 13.0 Å². The van der Waals surface area contributed by atoms with Gasteiger partial charge >= 0.3 is 0 Å². The smallest absolute Gasteiger partial charge is 0.252 e. The van der Waals surface area contributed by atoms with Gasteiger partial charge in [0, 0.05) is 11.1 Å². The van der Waals surface area contributed by atoms with Crippen LogP contribution < -0.4 is 0 Å². The fraction of sp³-hybridized carbons (Fsp3) is 0.182. The van der Waals surface area contributed by atoms with Gasteiger partial charge in [0.1, 0.15) is 0 Å². The molecular formula is C11H8Cl3NO2S. The number of hydrogen-bond acceptors (Lipinski definition) is 3.